The minimum Gasteiger partial charge on any atom is -0.369 e. The number of thiophene rings is 1. The molecule has 1 fully saturated rings. The number of rotatable bonds is 3. The predicted octanol–water partition coefficient (Wildman–Crippen LogP) is 3.45. The average Bonchev–Trinajstić information content (AvgIpc) is 3.38. The Labute approximate surface area is 154 Å². The van der Waals surface area contributed by atoms with E-state index in [9.17, 15) is 0 Å². The van der Waals surface area contributed by atoms with Gasteiger partial charge in [-0.25, -0.2) is 14.6 Å². The average molecular weight is 363 g/mol. The highest BCUT2D eigenvalue weighted by molar-refractivity contribution is 7.10. The summed E-state index contributed by atoms with van der Waals surface area (Å²) in [5.41, 5.74) is 1.81. The van der Waals surface area contributed by atoms with Crippen LogP contribution in [0.4, 0.5) is 5.82 Å². The summed E-state index contributed by atoms with van der Waals surface area (Å²) in [6.07, 6.45) is 3.56. The third kappa shape index (κ3) is 2.65. The zero-order valence-electron chi connectivity index (χ0n) is 14.0. The molecule has 0 bridgehead atoms. The van der Waals surface area contributed by atoms with Gasteiger partial charge in [-0.15, -0.1) is 11.3 Å². The van der Waals surface area contributed by atoms with Crippen LogP contribution >= 0.6 is 11.3 Å². The lowest BCUT2D eigenvalue weighted by atomic mass is 10.2. The molecule has 1 atom stereocenters. The first-order valence-corrected chi connectivity index (χ1v) is 9.42. The van der Waals surface area contributed by atoms with Gasteiger partial charge in [-0.1, -0.05) is 24.3 Å². The van der Waals surface area contributed by atoms with E-state index in [1.165, 1.54) is 4.88 Å². The van der Waals surface area contributed by atoms with Gasteiger partial charge in [0.25, 0.3) is 0 Å². The van der Waals surface area contributed by atoms with Crippen molar-refractivity contribution >= 4 is 28.2 Å². The van der Waals surface area contributed by atoms with Crippen molar-refractivity contribution in [2.75, 3.05) is 24.6 Å². The lowest BCUT2D eigenvalue weighted by Crippen LogP contribution is -2.38. The summed E-state index contributed by atoms with van der Waals surface area (Å²) in [6, 6.07) is 14.2. The van der Waals surface area contributed by atoms with E-state index in [2.05, 4.69) is 37.5 Å². The number of morpholine rings is 1. The van der Waals surface area contributed by atoms with Crippen LogP contribution in [-0.2, 0) is 4.74 Å². The normalized spacial score (nSPS) is 17.7. The zero-order chi connectivity index (χ0) is 17.3. The fourth-order valence-corrected chi connectivity index (χ4v) is 4.10. The molecule has 1 aliphatic heterocycles. The van der Waals surface area contributed by atoms with E-state index >= 15 is 0 Å². The number of nitrogens with zero attached hydrogens (tertiary/aromatic N) is 5. The Bertz CT molecular complexity index is 1020. The van der Waals surface area contributed by atoms with Gasteiger partial charge in [0.15, 0.2) is 5.65 Å². The highest BCUT2D eigenvalue weighted by Gasteiger charge is 2.25. The van der Waals surface area contributed by atoms with Crippen molar-refractivity contribution in [3.8, 4) is 5.69 Å². The van der Waals surface area contributed by atoms with E-state index in [0.717, 1.165) is 35.6 Å². The molecule has 7 heteroatoms. The van der Waals surface area contributed by atoms with E-state index in [0.29, 0.717) is 6.61 Å². The maximum absolute atomic E-state index is 5.97. The standard InChI is InChI=1S/C19H17N5OS/c1-2-5-14(6-3-1)24-19-15(11-22-24)18(20-13-21-19)23-8-9-25-16(12-23)17-7-4-10-26-17/h1-7,10-11,13,16H,8-9,12H2. The Hall–Kier alpha value is -2.77. The number of fused-ring (bicyclic) bond motifs is 1. The van der Waals surface area contributed by atoms with Gasteiger partial charge in [0.2, 0.25) is 0 Å². The van der Waals surface area contributed by atoms with Gasteiger partial charge in [-0.2, -0.15) is 5.10 Å². The number of aromatic nitrogens is 4. The van der Waals surface area contributed by atoms with Crippen LogP contribution in [0.3, 0.4) is 0 Å². The minimum absolute atomic E-state index is 0.0814. The topological polar surface area (TPSA) is 56.1 Å². The van der Waals surface area contributed by atoms with E-state index in [1.807, 2.05) is 41.2 Å². The van der Waals surface area contributed by atoms with Gasteiger partial charge < -0.3 is 9.64 Å². The van der Waals surface area contributed by atoms with Crippen LogP contribution < -0.4 is 4.90 Å². The Balaban J connectivity index is 1.52. The molecular formula is C19H17N5OS. The van der Waals surface area contributed by atoms with E-state index in [-0.39, 0.29) is 6.10 Å². The molecule has 1 saturated heterocycles. The van der Waals surface area contributed by atoms with Gasteiger partial charge in [-0.05, 0) is 23.6 Å². The second-order valence-corrected chi connectivity index (χ2v) is 7.13. The van der Waals surface area contributed by atoms with Gasteiger partial charge >= 0.3 is 0 Å². The van der Waals surface area contributed by atoms with Gasteiger partial charge in [0, 0.05) is 11.4 Å². The smallest absolute Gasteiger partial charge is 0.168 e. The van der Waals surface area contributed by atoms with Crippen molar-refractivity contribution in [2.24, 2.45) is 0 Å². The molecule has 0 radical (unpaired) electrons. The zero-order valence-corrected chi connectivity index (χ0v) is 14.8. The summed E-state index contributed by atoms with van der Waals surface area (Å²) >= 11 is 1.73. The quantitative estimate of drug-likeness (QED) is 0.558. The molecular weight excluding hydrogens is 346 g/mol. The first-order valence-electron chi connectivity index (χ1n) is 8.54. The molecule has 4 aromatic rings. The van der Waals surface area contributed by atoms with Crippen molar-refractivity contribution in [1.29, 1.82) is 0 Å². The molecule has 0 amide bonds. The molecule has 5 rings (SSSR count). The molecule has 1 unspecified atom stereocenters. The van der Waals surface area contributed by atoms with Crippen LogP contribution in [0.1, 0.15) is 11.0 Å². The fourth-order valence-electron chi connectivity index (χ4n) is 3.33. The molecule has 1 aliphatic rings. The lowest BCUT2D eigenvalue weighted by molar-refractivity contribution is 0.0419. The summed E-state index contributed by atoms with van der Waals surface area (Å²) in [4.78, 5) is 12.6. The van der Waals surface area contributed by atoms with Crippen molar-refractivity contribution in [3.63, 3.8) is 0 Å². The maximum atomic E-state index is 5.97. The second-order valence-electron chi connectivity index (χ2n) is 6.15. The van der Waals surface area contributed by atoms with Crippen molar-refractivity contribution < 1.29 is 4.74 Å². The van der Waals surface area contributed by atoms with Gasteiger partial charge in [-0.3, -0.25) is 0 Å². The number of hydrogen-bond donors (Lipinski definition) is 0. The third-order valence-corrected chi connectivity index (χ3v) is 5.54. The molecule has 4 heterocycles. The van der Waals surface area contributed by atoms with Crippen molar-refractivity contribution in [2.45, 2.75) is 6.10 Å². The molecule has 3 aromatic heterocycles. The van der Waals surface area contributed by atoms with E-state index in [1.54, 1.807) is 17.7 Å². The van der Waals surface area contributed by atoms with Gasteiger partial charge in [0.05, 0.1) is 30.4 Å². The van der Waals surface area contributed by atoms with Crippen LogP contribution in [0.5, 0.6) is 0 Å². The predicted molar refractivity (Wildman–Crippen MR) is 102 cm³/mol. The third-order valence-electron chi connectivity index (χ3n) is 4.57. The summed E-state index contributed by atoms with van der Waals surface area (Å²) < 4.78 is 7.82. The Morgan fingerprint density at radius 1 is 1.08 bits per heavy atom. The van der Waals surface area contributed by atoms with Gasteiger partial charge in [0.1, 0.15) is 18.2 Å². The lowest BCUT2D eigenvalue weighted by Gasteiger charge is -2.33. The summed E-state index contributed by atoms with van der Waals surface area (Å²) in [5, 5.41) is 7.60. The summed E-state index contributed by atoms with van der Waals surface area (Å²) in [7, 11) is 0. The Morgan fingerprint density at radius 3 is 2.85 bits per heavy atom. The first-order chi connectivity index (χ1) is 12.9. The molecule has 26 heavy (non-hydrogen) atoms. The minimum atomic E-state index is 0.0814. The second kappa shape index (κ2) is 6.51. The Kier molecular flexibility index (Phi) is 3.88. The molecule has 130 valence electrons. The number of para-hydroxylation sites is 1. The van der Waals surface area contributed by atoms with Crippen LogP contribution in [-0.4, -0.2) is 39.4 Å². The summed E-state index contributed by atoms with van der Waals surface area (Å²) in [6.45, 7) is 2.27. The highest BCUT2D eigenvalue weighted by Crippen LogP contribution is 2.31. The van der Waals surface area contributed by atoms with Crippen molar-refractivity contribution in [1.82, 2.24) is 19.7 Å². The van der Waals surface area contributed by atoms with Crippen LogP contribution in [0.25, 0.3) is 16.7 Å². The first kappa shape index (κ1) is 15.5. The molecule has 0 N–H and O–H groups in total. The fraction of sp³-hybridized carbons (Fsp3) is 0.211. The number of hydrogen-bond acceptors (Lipinski definition) is 6. The monoisotopic (exact) mass is 363 g/mol. The maximum Gasteiger partial charge on any atom is 0.168 e. The summed E-state index contributed by atoms with van der Waals surface area (Å²) in [5.74, 6) is 0.919. The molecule has 0 aliphatic carbocycles. The molecule has 1 aromatic carbocycles. The largest absolute Gasteiger partial charge is 0.369 e. The highest BCUT2D eigenvalue weighted by atomic mass is 32.1. The molecule has 0 spiro atoms. The number of benzene rings is 1. The molecule has 0 saturated carbocycles. The number of ether oxygens (including phenoxy) is 1. The van der Waals surface area contributed by atoms with Crippen LogP contribution in [0.2, 0.25) is 0 Å². The van der Waals surface area contributed by atoms with Crippen LogP contribution in [0, 0.1) is 0 Å². The Morgan fingerprint density at radius 2 is 2.00 bits per heavy atom. The molecule has 6 nitrogen and oxygen atoms in total. The van der Waals surface area contributed by atoms with E-state index < -0.39 is 0 Å². The van der Waals surface area contributed by atoms with Crippen LogP contribution in [0.15, 0.2) is 60.4 Å². The SMILES string of the molecule is c1ccc(-n2ncc3c(N4CCOC(c5cccs5)C4)ncnc32)cc1. The van der Waals surface area contributed by atoms with Crippen molar-refractivity contribution in [3.05, 3.63) is 65.2 Å². The number of anilines is 1. The van der Waals surface area contributed by atoms with E-state index in [4.69, 9.17) is 4.74 Å².